The third-order valence-electron chi connectivity index (χ3n) is 5.03. The summed E-state index contributed by atoms with van der Waals surface area (Å²) in [5, 5.41) is 13.5. The fourth-order valence-corrected chi connectivity index (χ4v) is 3.81. The van der Waals surface area contributed by atoms with Gasteiger partial charge in [-0.05, 0) is 48.7 Å². The molecule has 7 heteroatoms. The van der Waals surface area contributed by atoms with Crippen LogP contribution in [-0.2, 0) is 11.3 Å². The van der Waals surface area contributed by atoms with E-state index in [2.05, 4.69) is 10.2 Å². The summed E-state index contributed by atoms with van der Waals surface area (Å²) in [7, 11) is 2.94. The molecule has 1 aliphatic rings. The Balaban J connectivity index is 1.85. The molecule has 1 aliphatic heterocycles. The van der Waals surface area contributed by atoms with Gasteiger partial charge in [0.15, 0.2) is 0 Å². The maximum atomic E-state index is 12.2. The molecule has 2 N–H and O–H groups in total. The lowest BCUT2D eigenvalue weighted by Crippen LogP contribution is -2.32. The van der Waals surface area contributed by atoms with Gasteiger partial charge in [0.25, 0.3) is 0 Å². The van der Waals surface area contributed by atoms with E-state index < -0.39 is 5.97 Å². The van der Waals surface area contributed by atoms with E-state index in [4.69, 9.17) is 21.1 Å². The second kappa shape index (κ2) is 9.17. The van der Waals surface area contributed by atoms with E-state index in [0.29, 0.717) is 28.6 Å². The largest absolute Gasteiger partial charge is 0.495 e. The van der Waals surface area contributed by atoms with Gasteiger partial charge in [-0.2, -0.15) is 0 Å². The number of hydrogen-bond acceptors (Lipinski definition) is 6. The summed E-state index contributed by atoms with van der Waals surface area (Å²) in [4.78, 5) is 14.4. The van der Waals surface area contributed by atoms with Crippen molar-refractivity contribution >= 4 is 28.9 Å². The number of carbonyl (C=O) groups excluding carboxylic acids is 1. The Kier molecular flexibility index (Phi) is 6.65. The first-order chi connectivity index (χ1) is 13.6. The summed E-state index contributed by atoms with van der Waals surface area (Å²) in [6.45, 7) is 1.49. The minimum atomic E-state index is -0.401. The highest BCUT2D eigenvalue weighted by molar-refractivity contribution is 6.32. The van der Waals surface area contributed by atoms with Gasteiger partial charge in [0.2, 0.25) is 0 Å². The number of halogens is 1. The van der Waals surface area contributed by atoms with Crippen LogP contribution in [0.4, 0.5) is 11.4 Å². The van der Waals surface area contributed by atoms with Gasteiger partial charge < -0.3 is 24.8 Å². The molecule has 3 rings (SSSR count). The van der Waals surface area contributed by atoms with Crippen LogP contribution >= 0.6 is 11.6 Å². The zero-order valence-electron chi connectivity index (χ0n) is 16.1. The molecule has 2 aromatic rings. The second-order valence-electron chi connectivity index (χ2n) is 6.72. The Morgan fingerprint density at radius 2 is 2.11 bits per heavy atom. The van der Waals surface area contributed by atoms with Gasteiger partial charge in [-0.3, -0.25) is 0 Å². The number of aliphatic hydroxyl groups is 1. The van der Waals surface area contributed by atoms with Crippen LogP contribution in [0.2, 0.25) is 5.02 Å². The zero-order valence-corrected chi connectivity index (χ0v) is 16.8. The predicted octanol–water partition coefficient (Wildman–Crippen LogP) is 3.71. The number of ether oxygens (including phenoxy) is 2. The highest BCUT2D eigenvalue weighted by atomic mass is 35.5. The van der Waals surface area contributed by atoms with Crippen molar-refractivity contribution in [2.75, 3.05) is 37.6 Å². The maximum Gasteiger partial charge on any atom is 0.339 e. The molecule has 1 saturated heterocycles. The number of nitrogens with zero attached hydrogens (tertiary/aromatic N) is 1. The molecule has 0 radical (unpaired) electrons. The lowest BCUT2D eigenvalue weighted by molar-refractivity contribution is 0.0602. The monoisotopic (exact) mass is 404 g/mol. The summed E-state index contributed by atoms with van der Waals surface area (Å²) < 4.78 is 10.1. The predicted molar refractivity (Wildman–Crippen MR) is 111 cm³/mol. The molecule has 1 atom stereocenters. The Bertz CT molecular complexity index is 843. The van der Waals surface area contributed by atoms with Crippen LogP contribution in [0.5, 0.6) is 5.75 Å². The molecule has 0 bridgehead atoms. The molecule has 150 valence electrons. The molecule has 1 unspecified atom stereocenters. The average Bonchev–Trinajstić information content (AvgIpc) is 3.20. The third kappa shape index (κ3) is 4.34. The summed E-state index contributed by atoms with van der Waals surface area (Å²) in [5.41, 5.74) is 3.08. The highest BCUT2D eigenvalue weighted by Crippen LogP contribution is 2.31. The molecule has 0 aromatic heterocycles. The van der Waals surface area contributed by atoms with Crippen molar-refractivity contribution in [3.63, 3.8) is 0 Å². The Hall–Kier alpha value is -2.44. The van der Waals surface area contributed by atoms with Crippen LogP contribution in [0.15, 0.2) is 36.4 Å². The summed E-state index contributed by atoms with van der Waals surface area (Å²) in [6.07, 6.45) is 2.00. The molecule has 2 aromatic carbocycles. The molecular weight excluding hydrogens is 380 g/mol. The van der Waals surface area contributed by atoms with Gasteiger partial charge in [-0.15, -0.1) is 0 Å². The number of esters is 1. The number of nitrogens with one attached hydrogen (secondary N) is 1. The first kappa shape index (κ1) is 20.3. The van der Waals surface area contributed by atoms with E-state index >= 15 is 0 Å². The number of benzene rings is 2. The van der Waals surface area contributed by atoms with Gasteiger partial charge in [-0.25, -0.2) is 4.79 Å². The van der Waals surface area contributed by atoms with Gasteiger partial charge >= 0.3 is 5.97 Å². The Morgan fingerprint density at radius 3 is 2.79 bits per heavy atom. The zero-order chi connectivity index (χ0) is 20.1. The van der Waals surface area contributed by atoms with E-state index in [9.17, 15) is 9.90 Å². The Morgan fingerprint density at radius 1 is 1.29 bits per heavy atom. The second-order valence-corrected chi connectivity index (χ2v) is 7.12. The first-order valence-corrected chi connectivity index (χ1v) is 9.61. The van der Waals surface area contributed by atoms with E-state index in [-0.39, 0.29) is 12.6 Å². The molecule has 28 heavy (non-hydrogen) atoms. The van der Waals surface area contributed by atoms with Gasteiger partial charge in [0.05, 0.1) is 43.1 Å². The van der Waals surface area contributed by atoms with Crippen molar-refractivity contribution in [3.05, 3.63) is 52.5 Å². The van der Waals surface area contributed by atoms with Gasteiger partial charge in [0.1, 0.15) is 5.75 Å². The van der Waals surface area contributed by atoms with E-state index in [0.717, 1.165) is 30.6 Å². The molecule has 0 aliphatic carbocycles. The number of rotatable bonds is 7. The molecular formula is C21H25ClN2O4. The molecule has 6 nitrogen and oxygen atoms in total. The van der Waals surface area contributed by atoms with Crippen molar-refractivity contribution in [1.29, 1.82) is 0 Å². The number of aliphatic hydroxyl groups excluding tert-OH is 1. The highest BCUT2D eigenvalue weighted by Gasteiger charge is 2.25. The summed E-state index contributed by atoms with van der Waals surface area (Å²) in [5.74, 6) is 0.216. The van der Waals surface area contributed by atoms with Crippen LogP contribution in [0.1, 0.15) is 28.8 Å². The summed E-state index contributed by atoms with van der Waals surface area (Å²) in [6, 6.07) is 11.3. The quantitative estimate of drug-likeness (QED) is 0.685. The van der Waals surface area contributed by atoms with Crippen molar-refractivity contribution in [3.8, 4) is 5.75 Å². The lowest BCUT2D eigenvalue weighted by atomic mass is 10.1. The first-order valence-electron chi connectivity index (χ1n) is 9.23. The Labute approximate surface area is 170 Å². The topological polar surface area (TPSA) is 71.0 Å². The van der Waals surface area contributed by atoms with E-state index in [1.807, 2.05) is 30.3 Å². The minimum absolute atomic E-state index is 0.109. The number of methoxy groups -OCH3 is 2. The van der Waals surface area contributed by atoms with Crippen molar-refractivity contribution in [2.45, 2.75) is 25.4 Å². The van der Waals surface area contributed by atoms with Crippen molar-refractivity contribution in [2.24, 2.45) is 0 Å². The molecule has 1 heterocycles. The van der Waals surface area contributed by atoms with Gasteiger partial charge in [-0.1, -0.05) is 17.7 Å². The van der Waals surface area contributed by atoms with Crippen LogP contribution in [0.3, 0.4) is 0 Å². The minimum Gasteiger partial charge on any atom is -0.495 e. The number of hydrogen-bond donors (Lipinski definition) is 2. The molecule has 0 spiro atoms. The lowest BCUT2D eigenvalue weighted by Gasteiger charge is -2.26. The van der Waals surface area contributed by atoms with Gasteiger partial charge in [0, 0.05) is 18.8 Å². The van der Waals surface area contributed by atoms with Crippen LogP contribution in [-0.4, -0.2) is 44.5 Å². The fourth-order valence-electron chi connectivity index (χ4n) is 3.53. The van der Waals surface area contributed by atoms with E-state index in [1.54, 1.807) is 13.2 Å². The normalized spacial score (nSPS) is 16.1. The SMILES string of the molecule is COC(=O)c1ccc(N2CCCC2CO)cc1NCc1ccc(OC)c(Cl)c1. The van der Waals surface area contributed by atoms with Crippen LogP contribution < -0.4 is 15.0 Å². The molecule has 1 fully saturated rings. The standard InChI is InChI=1S/C21H25ClN2O4/c1-27-20-8-5-14(10-18(20)22)12-23-19-11-15(6-7-17(19)21(26)28-2)24-9-3-4-16(24)13-25/h5-8,10-11,16,23,25H,3-4,9,12-13H2,1-2H3. The third-order valence-corrected chi connectivity index (χ3v) is 5.32. The number of carbonyl (C=O) groups is 1. The molecule has 0 saturated carbocycles. The fraction of sp³-hybridized carbons (Fsp3) is 0.381. The maximum absolute atomic E-state index is 12.2. The molecule has 0 amide bonds. The number of anilines is 2. The smallest absolute Gasteiger partial charge is 0.339 e. The average molecular weight is 405 g/mol. The van der Waals surface area contributed by atoms with Crippen LogP contribution in [0, 0.1) is 0 Å². The van der Waals surface area contributed by atoms with Crippen LogP contribution in [0.25, 0.3) is 0 Å². The van der Waals surface area contributed by atoms with Crippen molar-refractivity contribution in [1.82, 2.24) is 0 Å². The summed E-state index contributed by atoms with van der Waals surface area (Å²) >= 11 is 6.20. The van der Waals surface area contributed by atoms with Crippen molar-refractivity contribution < 1.29 is 19.4 Å². The van der Waals surface area contributed by atoms with E-state index in [1.165, 1.54) is 7.11 Å².